The van der Waals surface area contributed by atoms with E-state index < -0.39 is 0 Å². The Balaban J connectivity index is 2.41. The topological polar surface area (TPSA) is 12.0 Å². The zero-order valence-electron chi connectivity index (χ0n) is 10.7. The molecule has 0 amide bonds. The van der Waals surface area contributed by atoms with Gasteiger partial charge in [0.1, 0.15) is 0 Å². The van der Waals surface area contributed by atoms with Gasteiger partial charge in [-0.2, -0.15) is 0 Å². The molecule has 0 saturated heterocycles. The first-order valence-electron chi connectivity index (χ1n) is 6.16. The van der Waals surface area contributed by atoms with Crippen LogP contribution in [0.5, 0.6) is 0 Å². The maximum absolute atomic E-state index is 6.29. The standard InChI is InChI=1S/C14H13BrCl3NS/c1-2-5-19-13(9-7-12(17)20-14(9)18)8-3-4-10(15)11(16)6-8/h3-4,6-7,13,19H,2,5H2,1H3. The van der Waals surface area contributed by atoms with Crippen LogP contribution in [-0.2, 0) is 0 Å². The lowest BCUT2D eigenvalue weighted by Gasteiger charge is -2.19. The predicted molar refractivity (Wildman–Crippen MR) is 93.6 cm³/mol. The van der Waals surface area contributed by atoms with Gasteiger partial charge in [-0.3, -0.25) is 0 Å². The zero-order valence-corrected chi connectivity index (χ0v) is 15.4. The summed E-state index contributed by atoms with van der Waals surface area (Å²) in [6, 6.07) is 7.83. The minimum Gasteiger partial charge on any atom is -0.306 e. The van der Waals surface area contributed by atoms with Crippen LogP contribution in [0.25, 0.3) is 0 Å². The summed E-state index contributed by atoms with van der Waals surface area (Å²) in [6.07, 6.45) is 1.04. The molecule has 1 aromatic heterocycles. The number of hydrogen-bond donors (Lipinski definition) is 1. The molecule has 1 atom stereocenters. The highest BCUT2D eigenvalue weighted by molar-refractivity contribution is 9.10. The van der Waals surface area contributed by atoms with E-state index in [9.17, 15) is 0 Å². The van der Waals surface area contributed by atoms with E-state index in [1.54, 1.807) is 0 Å². The van der Waals surface area contributed by atoms with Gasteiger partial charge in [0.05, 0.1) is 19.7 Å². The molecule has 1 heterocycles. The van der Waals surface area contributed by atoms with E-state index in [0.29, 0.717) is 13.7 Å². The Bertz CT molecular complexity index is 600. The van der Waals surface area contributed by atoms with Gasteiger partial charge in [0, 0.05) is 10.0 Å². The van der Waals surface area contributed by atoms with E-state index in [1.807, 2.05) is 24.3 Å². The van der Waals surface area contributed by atoms with Crippen LogP contribution in [0, 0.1) is 0 Å². The fourth-order valence-corrected chi connectivity index (χ4v) is 3.91. The van der Waals surface area contributed by atoms with Gasteiger partial charge in [0.25, 0.3) is 0 Å². The maximum atomic E-state index is 6.29. The number of thiophene rings is 1. The highest BCUT2D eigenvalue weighted by Crippen LogP contribution is 2.38. The van der Waals surface area contributed by atoms with Crippen LogP contribution in [0.3, 0.4) is 0 Å². The summed E-state index contributed by atoms with van der Waals surface area (Å²) < 4.78 is 2.28. The minimum absolute atomic E-state index is 0.00296. The third-order valence-corrected chi connectivity index (χ3v) is 5.62. The molecule has 0 spiro atoms. The fraction of sp³-hybridized carbons (Fsp3) is 0.286. The number of benzene rings is 1. The van der Waals surface area contributed by atoms with Crippen molar-refractivity contribution in [3.8, 4) is 0 Å². The molecular weight excluding hydrogens is 400 g/mol. The Morgan fingerprint density at radius 1 is 1.25 bits per heavy atom. The van der Waals surface area contributed by atoms with Gasteiger partial charge in [-0.25, -0.2) is 0 Å². The Morgan fingerprint density at radius 2 is 2.00 bits per heavy atom. The Hall–Kier alpha value is 0.230. The Morgan fingerprint density at radius 3 is 2.55 bits per heavy atom. The van der Waals surface area contributed by atoms with E-state index in [0.717, 1.165) is 28.6 Å². The summed E-state index contributed by atoms with van der Waals surface area (Å²) in [6.45, 7) is 3.02. The van der Waals surface area contributed by atoms with Crippen molar-refractivity contribution in [3.05, 3.63) is 53.6 Å². The summed E-state index contributed by atoms with van der Waals surface area (Å²) in [4.78, 5) is 0. The molecule has 0 radical (unpaired) electrons. The zero-order chi connectivity index (χ0) is 14.7. The van der Waals surface area contributed by atoms with Crippen LogP contribution in [-0.4, -0.2) is 6.54 Å². The third-order valence-electron chi connectivity index (χ3n) is 2.87. The molecule has 2 rings (SSSR count). The number of halogens is 4. The molecule has 0 bridgehead atoms. The average Bonchev–Trinajstić information content (AvgIpc) is 2.73. The van der Waals surface area contributed by atoms with E-state index in [-0.39, 0.29) is 6.04 Å². The predicted octanol–water partition coefficient (Wildman–Crippen LogP) is 6.56. The van der Waals surface area contributed by atoms with Crippen LogP contribution in [0.2, 0.25) is 13.7 Å². The van der Waals surface area contributed by atoms with Gasteiger partial charge in [-0.05, 0) is 52.7 Å². The maximum Gasteiger partial charge on any atom is 0.0995 e. The fourth-order valence-electron chi connectivity index (χ4n) is 1.94. The van der Waals surface area contributed by atoms with Crippen molar-refractivity contribution in [3.63, 3.8) is 0 Å². The summed E-state index contributed by atoms with van der Waals surface area (Å²) >= 11 is 23.3. The molecule has 1 aromatic carbocycles. The summed E-state index contributed by atoms with van der Waals surface area (Å²) in [5, 5.41) is 4.18. The molecule has 1 N–H and O–H groups in total. The van der Waals surface area contributed by atoms with Gasteiger partial charge in [-0.15, -0.1) is 11.3 Å². The quantitative estimate of drug-likeness (QED) is 0.585. The van der Waals surface area contributed by atoms with Gasteiger partial charge in [0.2, 0.25) is 0 Å². The van der Waals surface area contributed by atoms with Gasteiger partial charge in [-0.1, -0.05) is 47.8 Å². The van der Waals surface area contributed by atoms with Crippen LogP contribution in [0.1, 0.15) is 30.5 Å². The van der Waals surface area contributed by atoms with E-state index in [4.69, 9.17) is 34.8 Å². The molecule has 1 unspecified atom stereocenters. The average molecular weight is 414 g/mol. The molecule has 6 heteroatoms. The highest BCUT2D eigenvalue weighted by Gasteiger charge is 2.19. The molecule has 2 aromatic rings. The first kappa shape index (κ1) is 16.6. The SMILES string of the molecule is CCCNC(c1ccc(Br)c(Cl)c1)c1cc(Cl)sc1Cl. The number of hydrogen-bond acceptors (Lipinski definition) is 2. The second-order valence-electron chi connectivity index (χ2n) is 4.34. The molecule has 20 heavy (non-hydrogen) atoms. The van der Waals surface area contributed by atoms with E-state index in [1.165, 1.54) is 11.3 Å². The van der Waals surface area contributed by atoms with Crippen LogP contribution >= 0.6 is 62.1 Å². The van der Waals surface area contributed by atoms with Crippen LogP contribution in [0.15, 0.2) is 28.7 Å². The van der Waals surface area contributed by atoms with Crippen molar-refractivity contribution < 1.29 is 0 Å². The van der Waals surface area contributed by atoms with Crippen molar-refractivity contribution in [2.75, 3.05) is 6.54 Å². The van der Waals surface area contributed by atoms with Crippen LogP contribution < -0.4 is 5.32 Å². The summed E-state index contributed by atoms with van der Waals surface area (Å²) in [7, 11) is 0. The van der Waals surface area contributed by atoms with E-state index in [2.05, 4.69) is 28.2 Å². The summed E-state index contributed by atoms with van der Waals surface area (Å²) in [5.41, 5.74) is 2.07. The first-order valence-corrected chi connectivity index (χ1v) is 8.90. The van der Waals surface area contributed by atoms with Gasteiger partial charge in [0.15, 0.2) is 0 Å². The summed E-state index contributed by atoms with van der Waals surface area (Å²) in [5.74, 6) is 0. The normalized spacial score (nSPS) is 12.7. The molecule has 0 fully saturated rings. The second-order valence-corrected chi connectivity index (χ2v) is 7.89. The molecular formula is C14H13BrCl3NS. The highest BCUT2D eigenvalue weighted by atomic mass is 79.9. The first-order chi connectivity index (χ1) is 9.52. The molecule has 0 aliphatic heterocycles. The van der Waals surface area contributed by atoms with E-state index >= 15 is 0 Å². The molecule has 108 valence electrons. The minimum atomic E-state index is -0.00296. The third kappa shape index (κ3) is 3.90. The number of rotatable bonds is 5. The lowest BCUT2D eigenvalue weighted by atomic mass is 10.0. The molecule has 0 aliphatic carbocycles. The van der Waals surface area contributed by atoms with Crippen molar-refractivity contribution in [1.29, 1.82) is 0 Å². The lowest BCUT2D eigenvalue weighted by molar-refractivity contribution is 0.600. The Labute approximate surface area is 146 Å². The van der Waals surface area contributed by atoms with Gasteiger partial charge >= 0.3 is 0 Å². The lowest BCUT2D eigenvalue weighted by Crippen LogP contribution is -2.23. The number of nitrogens with one attached hydrogen (secondary N) is 1. The molecule has 0 saturated carbocycles. The largest absolute Gasteiger partial charge is 0.306 e. The smallest absolute Gasteiger partial charge is 0.0995 e. The molecule has 1 nitrogen and oxygen atoms in total. The van der Waals surface area contributed by atoms with Crippen LogP contribution in [0.4, 0.5) is 0 Å². The monoisotopic (exact) mass is 411 g/mol. The second kappa shape index (κ2) is 7.48. The van der Waals surface area contributed by atoms with Crippen molar-refractivity contribution in [1.82, 2.24) is 5.32 Å². The van der Waals surface area contributed by atoms with Crippen molar-refractivity contribution in [2.45, 2.75) is 19.4 Å². The van der Waals surface area contributed by atoms with Gasteiger partial charge < -0.3 is 5.32 Å². The van der Waals surface area contributed by atoms with Crippen molar-refractivity contribution in [2.24, 2.45) is 0 Å². The van der Waals surface area contributed by atoms with Crippen molar-refractivity contribution >= 4 is 62.1 Å². The molecule has 0 aliphatic rings. The Kier molecular flexibility index (Phi) is 6.21.